The third-order valence-electron chi connectivity index (χ3n) is 14.7. The molecule has 3 amide bonds. The van der Waals surface area contributed by atoms with Crippen LogP contribution >= 0.6 is 0 Å². The first-order chi connectivity index (χ1) is 31.7. The molecule has 2 saturated carbocycles. The van der Waals surface area contributed by atoms with Gasteiger partial charge in [-0.05, 0) is 130 Å². The number of methoxy groups -OCH3 is 1. The second-order valence-corrected chi connectivity index (χ2v) is 20.1. The molecule has 0 bridgehead atoms. The number of nitriles is 1. The van der Waals surface area contributed by atoms with Crippen LogP contribution in [0.25, 0.3) is 21.8 Å². The van der Waals surface area contributed by atoms with Crippen LogP contribution in [0, 0.1) is 28.4 Å². The van der Waals surface area contributed by atoms with E-state index in [4.69, 9.17) is 9.47 Å². The van der Waals surface area contributed by atoms with E-state index in [0.29, 0.717) is 34.7 Å². The number of aromatic nitrogens is 4. The molecule has 3 aromatic carbocycles. The van der Waals surface area contributed by atoms with E-state index in [1.54, 1.807) is 28.7 Å². The molecule has 20 heteroatoms. The summed E-state index contributed by atoms with van der Waals surface area (Å²) in [5.41, 5.74) is 1.22. The van der Waals surface area contributed by atoms with Crippen molar-refractivity contribution < 1.29 is 36.3 Å². The average molecular weight is 925 g/mol. The largest absolute Gasteiger partial charge is 0.453 e. The molecule has 10 rings (SSSR count). The smallest absolute Gasteiger partial charge is 0.329 e. The fraction of sp³-hybridized carbons (Fsp3) is 0.478. The van der Waals surface area contributed by atoms with Crippen LogP contribution in [0.5, 0.6) is 11.5 Å². The van der Waals surface area contributed by atoms with E-state index in [1.165, 1.54) is 40.6 Å². The molecule has 1 spiro atoms. The Kier molecular flexibility index (Phi) is 11.3. The summed E-state index contributed by atoms with van der Waals surface area (Å²) in [6, 6.07) is 11.8. The quantitative estimate of drug-likeness (QED) is 0.162. The number of nitrogens with one attached hydrogen (secondary N) is 2. The minimum absolute atomic E-state index is 0.0352. The second kappa shape index (κ2) is 17.0. The molecular weight excluding hydrogens is 875 g/mol. The average Bonchev–Trinajstić information content (AvgIpc) is 3.92. The number of aryl methyl sites for hydroxylation is 1. The first-order valence-corrected chi connectivity index (χ1v) is 23.9. The van der Waals surface area contributed by atoms with Gasteiger partial charge in [-0.25, -0.2) is 18.6 Å². The highest BCUT2D eigenvalue weighted by atomic mass is 32.2. The zero-order chi connectivity index (χ0) is 46.1. The molecule has 346 valence electrons. The number of halogens is 2. The number of ether oxygens (including phenoxy) is 2. The predicted octanol–water partition coefficient (Wildman–Crippen LogP) is 6.19. The number of likely N-dealkylation sites (tertiary alicyclic amines) is 1. The van der Waals surface area contributed by atoms with Crippen molar-refractivity contribution in [2.24, 2.45) is 12.5 Å². The lowest BCUT2D eigenvalue weighted by Gasteiger charge is -2.54. The normalized spacial score (nSPS) is 23.0. The number of hydrogen-bond donors (Lipinski definition) is 2. The molecule has 3 aliphatic heterocycles. The molecule has 17 nitrogen and oxygen atoms in total. The van der Waals surface area contributed by atoms with Gasteiger partial charge in [-0.1, -0.05) is 0 Å². The number of carbonyl (C=O) groups is 2. The zero-order valence-corrected chi connectivity index (χ0v) is 37.5. The van der Waals surface area contributed by atoms with Crippen LogP contribution < -0.4 is 25.2 Å². The van der Waals surface area contributed by atoms with Crippen LogP contribution in [0.3, 0.4) is 0 Å². The first-order valence-electron chi connectivity index (χ1n) is 22.5. The SMILES string of the molecule is CO[C@@H]1CCN(S(=O)(=O)Nc2ccc(F)c(Oc3ccc4ncn(C5CC6(CCN(C7CCC(c8cc9c(cc8F)c(N8CCC(=O)NC8=O)nn9C)CC7)CC6)C5)c(=O)c4c3)c2C#N)C1. The Bertz CT molecular complexity index is 2990. The zero-order valence-electron chi connectivity index (χ0n) is 36.6. The van der Waals surface area contributed by atoms with E-state index in [9.17, 15) is 28.1 Å². The summed E-state index contributed by atoms with van der Waals surface area (Å²) in [5.74, 6) is -1.51. The first kappa shape index (κ1) is 43.9. The van der Waals surface area contributed by atoms with Gasteiger partial charge in [0.05, 0.1) is 34.5 Å². The van der Waals surface area contributed by atoms with Crippen LogP contribution in [-0.2, 0) is 26.8 Å². The van der Waals surface area contributed by atoms with E-state index in [1.807, 2.05) is 12.1 Å². The van der Waals surface area contributed by atoms with Gasteiger partial charge in [0.15, 0.2) is 17.4 Å². The van der Waals surface area contributed by atoms with Crippen LogP contribution in [0.1, 0.15) is 87.3 Å². The molecule has 2 aromatic heterocycles. The third kappa shape index (κ3) is 7.94. The summed E-state index contributed by atoms with van der Waals surface area (Å²) in [4.78, 5) is 46.7. The summed E-state index contributed by atoms with van der Waals surface area (Å²) in [5, 5.41) is 17.7. The Hall–Kier alpha value is -6.01. The minimum Gasteiger partial charge on any atom is -0.453 e. The molecule has 5 aromatic rings. The summed E-state index contributed by atoms with van der Waals surface area (Å²) in [6.07, 6.45) is 9.36. The monoisotopic (exact) mass is 924 g/mol. The lowest BCUT2D eigenvalue weighted by atomic mass is 9.60. The number of hydrogen-bond acceptors (Lipinski definition) is 11. The lowest BCUT2D eigenvalue weighted by Crippen LogP contribution is -2.51. The Morgan fingerprint density at radius 3 is 2.41 bits per heavy atom. The van der Waals surface area contributed by atoms with Crippen molar-refractivity contribution >= 4 is 55.5 Å². The number of piperidine rings is 1. The van der Waals surface area contributed by atoms with Crippen molar-refractivity contribution in [3.05, 3.63) is 81.9 Å². The standard InChI is InChI=1S/C46H50F2N10O7S/c1-54-40-21-32(37(48)20-34(40)43(52-54)57-16-12-41(59)51-45(57)61)27-3-5-28(6-4-27)55-17-13-46(14-18-55)22-29(23-46)58-26-50-38-9-7-30(19-33(38)44(58)60)65-42-35(24-49)39(10-8-36(42)47)53-66(62,63)56-15-11-31(25-56)64-2/h7-10,19-21,26-29,31,53H,3-6,11-18,22-23,25H2,1-2H3,(H,51,59,61)/t27?,28?,31-/m1/s1. The third-order valence-corrected chi connectivity index (χ3v) is 16.2. The number of urea groups is 1. The van der Waals surface area contributed by atoms with Crippen molar-refractivity contribution in [3.8, 4) is 17.6 Å². The van der Waals surface area contributed by atoms with Crippen molar-refractivity contribution in [2.45, 2.75) is 88.3 Å². The molecule has 0 unspecified atom stereocenters. The van der Waals surface area contributed by atoms with Crippen LogP contribution in [0.2, 0.25) is 0 Å². The highest BCUT2D eigenvalue weighted by molar-refractivity contribution is 7.90. The molecule has 5 fully saturated rings. The fourth-order valence-electron chi connectivity index (χ4n) is 10.9. The van der Waals surface area contributed by atoms with Gasteiger partial charge in [-0.3, -0.25) is 33.8 Å². The van der Waals surface area contributed by atoms with Gasteiger partial charge < -0.3 is 14.4 Å². The highest BCUT2D eigenvalue weighted by Crippen LogP contribution is 2.55. The molecule has 1 atom stereocenters. The number of imide groups is 1. The summed E-state index contributed by atoms with van der Waals surface area (Å²) >= 11 is 0. The maximum Gasteiger partial charge on any atom is 0.329 e. The number of amides is 3. The van der Waals surface area contributed by atoms with Gasteiger partial charge in [0.1, 0.15) is 23.2 Å². The van der Waals surface area contributed by atoms with Gasteiger partial charge in [0, 0.05) is 57.7 Å². The minimum atomic E-state index is -4.08. The van der Waals surface area contributed by atoms with Gasteiger partial charge in [-0.2, -0.15) is 23.1 Å². The molecule has 2 aliphatic carbocycles. The van der Waals surface area contributed by atoms with Crippen molar-refractivity contribution in [2.75, 3.05) is 49.5 Å². The van der Waals surface area contributed by atoms with Crippen molar-refractivity contribution in [1.29, 1.82) is 5.26 Å². The molecule has 0 radical (unpaired) electrons. The van der Waals surface area contributed by atoms with E-state index in [0.717, 1.165) is 76.0 Å². The molecule has 2 N–H and O–H groups in total. The summed E-state index contributed by atoms with van der Waals surface area (Å²) in [6.45, 7) is 2.47. The van der Waals surface area contributed by atoms with Crippen LogP contribution in [-0.4, -0.2) is 101 Å². The van der Waals surface area contributed by atoms with Gasteiger partial charge >= 0.3 is 16.2 Å². The topological polar surface area (TPSA) is 197 Å². The van der Waals surface area contributed by atoms with Crippen LogP contribution in [0.15, 0.2) is 53.6 Å². The predicted molar refractivity (Wildman–Crippen MR) is 239 cm³/mol. The van der Waals surface area contributed by atoms with E-state index in [-0.39, 0.29) is 89.2 Å². The number of benzene rings is 3. The number of anilines is 2. The molecule has 5 heterocycles. The number of fused-ring (bicyclic) bond motifs is 2. The highest BCUT2D eigenvalue weighted by Gasteiger charge is 2.48. The molecule has 3 saturated heterocycles. The van der Waals surface area contributed by atoms with Gasteiger partial charge in [-0.15, -0.1) is 0 Å². The Morgan fingerprint density at radius 1 is 0.924 bits per heavy atom. The number of carbonyl (C=O) groups excluding carboxylic acids is 2. The second-order valence-electron chi connectivity index (χ2n) is 18.5. The Labute approximate surface area is 379 Å². The molecule has 66 heavy (non-hydrogen) atoms. The molecular formula is C46H50F2N10O7S. The van der Waals surface area contributed by atoms with Crippen molar-refractivity contribution in [1.82, 2.24) is 33.9 Å². The van der Waals surface area contributed by atoms with E-state index >= 15 is 8.78 Å². The van der Waals surface area contributed by atoms with Gasteiger partial charge in [0.25, 0.3) is 5.56 Å². The Balaban J connectivity index is 0.760. The maximum absolute atomic E-state index is 15.8. The van der Waals surface area contributed by atoms with Crippen molar-refractivity contribution in [3.63, 3.8) is 0 Å². The fourth-order valence-corrected chi connectivity index (χ4v) is 12.2. The van der Waals surface area contributed by atoms with E-state index < -0.39 is 27.8 Å². The lowest BCUT2D eigenvalue weighted by molar-refractivity contribution is -0.120. The van der Waals surface area contributed by atoms with Gasteiger partial charge in [0.2, 0.25) is 5.91 Å². The molecule has 5 aliphatic rings. The van der Waals surface area contributed by atoms with Crippen LogP contribution in [0.4, 0.5) is 25.1 Å². The Morgan fingerprint density at radius 2 is 1.70 bits per heavy atom. The maximum atomic E-state index is 15.8. The summed E-state index contributed by atoms with van der Waals surface area (Å²) in [7, 11) is -0.797. The van der Waals surface area contributed by atoms with E-state index in [2.05, 4.69) is 25.0 Å². The number of rotatable bonds is 10. The summed E-state index contributed by atoms with van der Waals surface area (Å²) < 4.78 is 75.5. The number of nitrogens with zero attached hydrogens (tertiary/aromatic N) is 8.